The van der Waals surface area contributed by atoms with Gasteiger partial charge in [-0.05, 0) is 19.8 Å². The number of rotatable bonds is 6. The molecule has 1 aromatic heterocycles. The Morgan fingerprint density at radius 3 is 2.89 bits per heavy atom. The summed E-state index contributed by atoms with van der Waals surface area (Å²) in [5.41, 5.74) is 11.2. The minimum absolute atomic E-state index is 0. The average Bonchev–Trinajstić information content (AvgIpc) is 2.89. The molecule has 0 spiro atoms. The Kier molecular flexibility index (Phi) is 8.95. The third kappa shape index (κ3) is 6.41. The molecule has 0 aliphatic heterocycles. The molecular formula is C11H21FN4OS. The van der Waals surface area contributed by atoms with E-state index in [-0.39, 0.29) is 13.2 Å². The highest BCUT2D eigenvalue weighted by Gasteiger charge is 2.17. The first kappa shape index (κ1) is 16.7. The predicted molar refractivity (Wildman–Crippen MR) is 75.1 cm³/mol. The number of Topliss-reactive ketones (excluding diaryl/α,β-unsaturated/α-hetero) is 1. The minimum Gasteiger partial charge on any atom is -0.388 e. The van der Waals surface area contributed by atoms with Crippen LogP contribution in [0.4, 0.5) is 4.72 Å². The Morgan fingerprint density at radius 1 is 1.72 bits per heavy atom. The van der Waals surface area contributed by atoms with Gasteiger partial charge in [0.05, 0.1) is 11.9 Å². The van der Waals surface area contributed by atoms with Crippen molar-refractivity contribution >= 4 is 23.0 Å². The summed E-state index contributed by atoms with van der Waals surface area (Å²) >= 11 is 1.32. The van der Waals surface area contributed by atoms with Gasteiger partial charge in [-0.3, -0.25) is 14.5 Å². The summed E-state index contributed by atoms with van der Waals surface area (Å²) in [6.45, 7) is 2.35. The number of thiazole rings is 1. The van der Waals surface area contributed by atoms with Crippen molar-refractivity contribution in [2.24, 2.45) is 16.5 Å². The molecule has 0 aliphatic rings. The van der Waals surface area contributed by atoms with Gasteiger partial charge in [0.15, 0.2) is 5.01 Å². The van der Waals surface area contributed by atoms with E-state index in [2.05, 4.69) is 11.4 Å². The van der Waals surface area contributed by atoms with E-state index >= 15 is 0 Å². The SMILES string of the molecule is C.CC(N)=NCCC[C@H](N)C(=O)c1nccs1.[3H]F. The van der Waals surface area contributed by atoms with E-state index in [1.54, 1.807) is 18.5 Å². The Bertz CT molecular complexity index is 369. The summed E-state index contributed by atoms with van der Waals surface area (Å²) in [7, 11) is 0. The van der Waals surface area contributed by atoms with Gasteiger partial charge in [-0.25, -0.2) is 4.98 Å². The molecular weight excluding hydrogens is 255 g/mol. The van der Waals surface area contributed by atoms with Crippen molar-refractivity contribution in [2.45, 2.75) is 33.2 Å². The monoisotopic (exact) mass is 278 g/mol. The average molecular weight is 278 g/mol. The maximum absolute atomic E-state index is 11.7. The molecule has 0 aromatic carbocycles. The standard InChI is InChI=1S/C10H16N4OS.CH4.FH/c1-7(11)13-4-2-3-8(12)9(15)10-14-5-6-16-10;;/h5-6,8H,2-4,12H2,1H3,(H2,11,13);1H4;1H/t8-;;/m0../s1/i/hT. The number of halogens is 1. The van der Waals surface area contributed by atoms with Gasteiger partial charge in [-0.1, -0.05) is 7.43 Å². The van der Waals surface area contributed by atoms with Gasteiger partial charge >= 0.3 is 0 Å². The maximum Gasteiger partial charge on any atom is 0.269 e. The van der Waals surface area contributed by atoms with E-state index in [0.29, 0.717) is 23.8 Å². The number of hydrogen-bond acceptors (Lipinski definition) is 5. The van der Waals surface area contributed by atoms with Gasteiger partial charge in [0.1, 0.15) is 0 Å². The lowest BCUT2D eigenvalue weighted by Gasteiger charge is -2.07. The second-order valence-electron chi connectivity index (χ2n) is 3.47. The molecule has 104 valence electrons. The van der Waals surface area contributed by atoms with Crippen LogP contribution in [0.1, 0.15) is 37.0 Å². The van der Waals surface area contributed by atoms with Crippen LogP contribution in [0.5, 0.6) is 0 Å². The Morgan fingerprint density at radius 2 is 2.39 bits per heavy atom. The molecule has 1 heterocycles. The lowest BCUT2D eigenvalue weighted by Crippen LogP contribution is -2.30. The first-order valence-corrected chi connectivity index (χ1v) is 5.95. The topological polar surface area (TPSA) is 94.4 Å². The second kappa shape index (κ2) is 9.67. The molecule has 0 saturated carbocycles. The summed E-state index contributed by atoms with van der Waals surface area (Å²) in [6.07, 6.45) is 2.97. The fraction of sp³-hybridized carbons (Fsp3) is 0.545. The van der Waals surface area contributed by atoms with Crippen LogP contribution in [0.2, 0.25) is 0 Å². The molecule has 4 N–H and O–H groups in total. The van der Waals surface area contributed by atoms with Crippen molar-refractivity contribution in [3.63, 3.8) is 0 Å². The number of hydrogen-bond donors (Lipinski definition) is 2. The van der Waals surface area contributed by atoms with Crippen LogP contribution < -0.4 is 11.5 Å². The lowest BCUT2D eigenvalue weighted by atomic mass is 10.1. The van der Waals surface area contributed by atoms with Crippen LogP contribution in [0.3, 0.4) is 0 Å². The highest BCUT2D eigenvalue weighted by Crippen LogP contribution is 2.09. The molecule has 18 heavy (non-hydrogen) atoms. The van der Waals surface area contributed by atoms with E-state index in [1.807, 2.05) is 0 Å². The second-order valence-corrected chi connectivity index (χ2v) is 4.37. The van der Waals surface area contributed by atoms with Gasteiger partial charge in [-0.2, -0.15) is 0 Å². The van der Waals surface area contributed by atoms with Crippen molar-refractivity contribution in [3.05, 3.63) is 16.6 Å². The highest BCUT2D eigenvalue weighted by molar-refractivity contribution is 7.11. The van der Waals surface area contributed by atoms with Gasteiger partial charge < -0.3 is 11.5 Å². The van der Waals surface area contributed by atoms with Crippen molar-refractivity contribution in [3.8, 4) is 0 Å². The first-order chi connectivity index (χ1) is 8.61. The number of nitrogens with zero attached hydrogens (tertiary/aromatic N) is 2. The van der Waals surface area contributed by atoms with E-state index in [1.165, 1.54) is 11.3 Å². The number of ketones is 1. The Balaban J connectivity index is 0. The van der Waals surface area contributed by atoms with Crippen molar-refractivity contribution < 1.29 is 9.51 Å². The van der Waals surface area contributed by atoms with E-state index < -0.39 is 6.04 Å². The number of carbonyl (C=O) groups is 1. The van der Waals surface area contributed by atoms with Crippen LogP contribution in [0.15, 0.2) is 16.6 Å². The third-order valence-corrected chi connectivity index (χ3v) is 2.80. The number of carbonyl (C=O) groups excluding carboxylic acids is 1. The zero-order valence-corrected chi connectivity index (χ0v) is 10.4. The molecule has 0 bridgehead atoms. The number of amidine groups is 1. The number of aliphatic imine (C=N–C) groups is 1. The van der Waals surface area contributed by atoms with Gasteiger partial charge in [0.25, 0.3) is 1.45 Å². The zero-order chi connectivity index (χ0) is 14.0. The van der Waals surface area contributed by atoms with Crippen LogP contribution in [0, 0.1) is 0 Å². The predicted octanol–water partition coefficient (Wildman–Crippen LogP) is 1.60. The van der Waals surface area contributed by atoms with Crippen LogP contribution in [-0.2, 0) is 0 Å². The lowest BCUT2D eigenvalue weighted by molar-refractivity contribution is 0.0956. The fourth-order valence-electron chi connectivity index (χ4n) is 1.20. The fourth-order valence-corrected chi connectivity index (χ4v) is 1.84. The summed E-state index contributed by atoms with van der Waals surface area (Å²) in [4.78, 5) is 19.7. The molecule has 1 rings (SSSR count). The minimum atomic E-state index is -0.487. The zero-order valence-electron chi connectivity index (χ0n) is 10.6. The summed E-state index contributed by atoms with van der Waals surface area (Å²) in [6, 6.07) is -0.487. The van der Waals surface area contributed by atoms with Gasteiger partial charge in [0.2, 0.25) is 5.78 Å². The molecule has 0 aliphatic carbocycles. The third-order valence-electron chi connectivity index (χ3n) is 2.01. The molecule has 0 amide bonds. The molecule has 5 nitrogen and oxygen atoms in total. The smallest absolute Gasteiger partial charge is 0.269 e. The molecule has 0 saturated heterocycles. The molecule has 0 fully saturated rings. The molecule has 7 heteroatoms. The largest absolute Gasteiger partial charge is 0.388 e. The van der Waals surface area contributed by atoms with E-state index in [9.17, 15) is 4.79 Å². The summed E-state index contributed by atoms with van der Waals surface area (Å²) in [5.74, 6) is 0.461. The van der Waals surface area contributed by atoms with E-state index in [4.69, 9.17) is 16.2 Å². The first-order valence-electron chi connectivity index (χ1n) is 5.45. The molecule has 1 atom stereocenters. The quantitative estimate of drug-likeness (QED) is 0.357. The van der Waals surface area contributed by atoms with Crippen LogP contribution in [0.25, 0.3) is 0 Å². The highest BCUT2D eigenvalue weighted by atomic mass is 32.1. The van der Waals surface area contributed by atoms with E-state index in [0.717, 1.165) is 6.42 Å². The molecule has 1 aromatic rings. The normalized spacial score (nSPS) is 12.6. The number of aromatic nitrogens is 1. The van der Waals surface area contributed by atoms with Crippen molar-refractivity contribution in [1.29, 1.82) is 1.45 Å². The molecule has 0 unspecified atom stereocenters. The number of nitrogens with two attached hydrogens (primary N) is 2. The van der Waals surface area contributed by atoms with Gasteiger partial charge in [-0.15, -0.1) is 11.3 Å². The van der Waals surface area contributed by atoms with Gasteiger partial charge in [0, 0.05) is 18.1 Å². The Hall–Kier alpha value is -1.34. The van der Waals surface area contributed by atoms with Crippen molar-refractivity contribution in [2.75, 3.05) is 6.54 Å². The summed E-state index contributed by atoms with van der Waals surface area (Å²) in [5, 5.41) is 2.24. The van der Waals surface area contributed by atoms with Crippen molar-refractivity contribution in [1.82, 2.24) is 4.98 Å². The summed E-state index contributed by atoms with van der Waals surface area (Å²) < 4.78 is 13.0. The molecule has 0 radical (unpaired) electrons. The maximum atomic E-state index is 11.7. The Labute approximate surface area is 112 Å². The van der Waals surface area contributed by atoms with Crippen LogP contribution >= 0.6 is 11.3 Å². The van der Waals surface area contributed by atoms with Crippen LogP contribution in [-0.4, -0.2) is 30.6 Å².